The Hall–Kier alpha value is -2.47. The lowest BCUT2D eigenvalue weighted by Crippen LogP contribution is -2.41. The van der Waals surface area contributed by atoms with Gasteiger partial charge in [0.25, 0.3) is 0 Å². The first-order chi connectivity index (χ1) is 17.6. The lowest BCUT2D eigenvalue weighted by atomic mass is 9.76. The highest BCUT2D eigenvalue weighted by atomic mass is 32.2. The maximum Gasteiger partial charge on any atom is 0.240 e. The van der Waals surface area contributed by atoms with Crippen molar-refractivity contribution in [2.24, 2.45) is 5.92 Å². The zero-order chi connectivity index (χ0) is 25.2. The van der Waals surface area contributed by atoms with Crippen molar-refractivity contribution in [2.45, 2.75) is 68.2 Å². The summed E-state index contributed by atoms with van der Waals surface area (Å²) in [5, 5.41) is 4.00. The summed E-state index contributed by atoms with van der Waals surface area (Å²) in [6, 6.07) is 29.0. The Morgan fingerprint density at radius 1 is 0.778 bits per heavy atom. The summed E-state index contributed by atoms with van der Waals surface area (Å²) >= 11 is 0. The van der Waals surface area contributed by atoms with Crippen molar-refractivity contribution in [3.63, 3.8) is 0 Å². The van der Waals surface area contributed by atoms with Gasteiger partial charge in [-0.05, 0) is 80.4 Å². The number of fused-ring (bicyclic) bond motifs is 1. The van der Waals surface area contributed by atoms with Crippen LogP contribution in [0.25, 0.3) is 0 Å². The van der Waals surface area contributed by atoms with Gasteiger partial charge >= 0.3 is 0 Å². The van der Waals surface area contributed by atoms with Gasteiger partial charge in [0.05, 0.1) is 4.90 Å². The summed E-state index contributed by atoms with van der Waals surface area (Å²) in [6.45, 7) is 1.22. The van der Waals surface area contributed by atoms with Gasteiger partial charge in [0.1, 0.15) is 0 Å². The third-order valence-corrected chi connectivity index (χ3v) is 9.11. The molecule has 2 atom stereocenters. The highest BCUT2D eigenvalue weighted by molar-refractivity contribution is 7.89. The van der Waals surface area contributed by atoms with E-state index in [4.69, 9.17) is 0 Å². The highest BCUT2D eigenvalue weighted by Gasteiger charge is 2.29. The second kappa shape index (κ2) is 13.2. The molecule has 0 heterocycles. The lowest BCUT2D eigenvalue weighted by molar-refractivity contribution is 0.301. The number of rotatable bonds is 7. The van der Waals surface area contributed by atoms with E-state index in [1.54, 1.807) is 41.5 Å². The monoisotopic (exact) mass is 504 g/mol. The summed E-state index contributed by atoms with van der Waals surface area (Å²) in [6.07, 6.45) is 10.8. The second-order valence-corrected chi connectivity index (χ2v) is 12.0. The highest BCUT2D eigenvalue weighted by Crippen LogP contribution is 2.35. The molecule has 0 saturated heterocycles. The van der Waals surface area contributed by atoms with Crippen molar-refractivity contribution >= 4 is 10.0 Å². The van der Waals surface area contributed by atoms with Crippen LogP contribution >= 0.6 is 0 Å². The molecule has 36 heavy (non-hydrogen) atoms. The van der Waals surface area contributed by atoms with E-state index in [1.165, 1.54) is 64.1 Å². The zero-order valence-corrected chi connectivity index (χ0v) is 22.2. The maximum absolute atomic E-state index is 11.1. The van der Waals surface area contributed by atoms with E-state index in [0.29, 0.717) is 16.9 Å². The Labute approximate surface area is 217 Å². The first-order valence-corrected chi connectivity index (χ1v) is 14.9. The quantitative estimate of drug-likeness (QED) is 0.409. The van der Waals surface area contributed by atoms with E-state index in [0.717, 1.165) is 12.3 Å². The summed E-state index contributed by atoms with van der Waals surface area (Å²) in [5.41, 5.74) is 4.62. The minimum Gasteiger partial charge on any atom is -0.313 e. The lowest BCUT2D eigenvalue weighted by Gasteiger charge is -2.36. The molecule has 2 aliphatic carbocycles. The summed E-state index contributed by atoms with van der Waals surface area (Å²) < 4.78 is 24.4. The van der Waals surface area contributed by atoms with Crippen LogP contribution in [0, 0.1) is 5.92 Å². The van der Waals surface area contributed by atoms with Crippen LogP contribution in [0.4, 0.5) is 0 Å². The molecule has 0 spiro atoms. The maximum atomic E-state index is 11.1. The SMILES string of the molecule is CNS(=O)(=O)c1ccccc1.c1ccc(CC2c3ccccc3CCC2NCC2CCCCC2)cc1. The third-order valence-electron chi connectivity index (χ3n) is 7.68. The van der Waals surface area contributed by atoms with Crippen LogP contribution in [-0.2, 0) is 22.9 Å². The first-order valence-electron chi connectivity index (χ1n) is 13.4. The molecule has 1 saturated carbocycles. The topological polar surface area (TPSA) is 58.2 Å². The van der Waals surface area contributed by atoms with Gasteiger partial charge in [-0.3, -0.25) is 0 Å². The Kier molecular flexibility index (Phi) is 9.74. The molecule has 0 amide bonds. The van der Waals surface area contributed by atoms with Crippen molar-refractivity contribution < 1.29 is 8.42 Å². The molecule has 3 aromatic rings. The molecule has 4 nitrogen and oxygen atoms in total. The number of nitrogens with one attached hydrogen (secondary N) is 2. The largest absolute Gasteiger partial charge is 0.313 e. The van der Waals surface area contributed by atoms with Crippen LogP contribution in [0.2, 0.25) is 0 Å². The minimum atomic E-state index is -3.25. The molecule has 1 fully saturated rings. The van der Waals surface area contributed by atoms with E-state index in [2.05, 4.69) is 64.6 Å². The van der Waals surface area contributed by atoms with Crippen molar-refractivity contribution in [1.29, 1.82) is 0 Å². The molecule has 192 valence electrons. The standard InChI is InChI=1S/C24H31N.C7H9NO2S/c1-3-9-19(10-4-1)17-23-22-14-8-7-13-21(22)15-16-24(23)25-18-20-11-5-2-6-12-20;1-8-11(9,10)7-5-3-2-4-6-7/h1,3-4,7-10,13-14,20,23-25H,2,5-6,11-12,15-18H2;2-6,8H,1H3. The molecule has 5 heteroatoms. The summed E-state index contributed by atoms with van der Waals surface area (Å²) in [5.74, 6) is 1.51. The van der Waals surface area contributed by atoms with Crippen LogP contribution in [0.3, 0.4) is 0 Å². The first kappa shape index (κ1) is 26.6. The van der Waals surface area contributed by atoms with Crippen molar-refractivity contribution in [3.05, 3.63) is 102 Å². The zero-order valence-electron chi connectivity index (χ0n) is 21.4. The van der Waals surface area contributed by atoms with Gasteiger partial charge in [-0.25, -0.2) is 13.1 Å². The molecule has 2 aliphatic rings. The fraction of sp³-hybridized carbons (Fsp3) is 0.419. The molecule has 2 N–H and O–H groups in total. The molecule has 2 unspecified atom stereocenters. The Morgan fingerprint density at radius 2 is 1.42 bits per heavy atom. The molecule has 0 aliphatic heterocycles. The predicted molar refractivity (Wildman–Crippen MR) is 149 cm³/mol. The van der Waals surface area contributed by atoms with E-state index in [1.807, 2.05) is 0 Å². The predicted octanol–water partition coefficient (Wildman–Crippen LogP) is 6.09. The molecule has 3 aromatic carbocycles. The van der Waals surface area contributed by atoms with Gasteiger partial charge in [0.15, 0.2) is 0 Å². The summed E-state index contributed by atoms with van der Waals surface area (Å²) in [7, 11) is -1.86. The number of hydrogen-bond donors (Lipinski definition) is 2. The normalized spacial score (nSPS) is 20.1. The van der Waals surface area contributed by atoms with Crippen LogP contribution < -0.4 is 10.0 Å². The third kappa shape index (κ3) is 7.28. The molecule has 5 rings (SSSR count). The Morgan fingerprint density at radius 3 is 2.11 bits per heavy atom. The average Bonchev–Trinajstić information content (AvgIpc) is 2.94. The van der Waals surface area contributed by atoms with E-state index < -0.39 is 10.0 Å². The molecule has 0 bridgehead atoms. The van der Waals surface area contributed by atoms with Crippen LogP contribution in [-0.4, -0.2) is 28.1 Å². The van der Waals surface area contributed by atoms with Crippen LogP contribution in [0.5, 0.6) is 0 Å². The van der Waals surface area contributed by atoms with E-state index >= 15 is 0 Å². The number of sulfonamides is 1. The van der Waals surface area contributed by atoms with Crippen LogP contribution in [0.1, 0.15) is 61.1 Å². The number of benzene rings is 3. The summed E-state index contributed by atoms with van der Waals surface area (Å²) in [4.78, 5) is 0.294. The Balaban J connectivity index is 0.000000233. The number of hydrogen-bond acceptors (Lipinski definition) is 3. The minimum absolute atomic E-state index is 0.294. The molecule has 0 aromatic heterocycles. The van der Waals surface area contributed by atoms with Gasteiger partial charge in [0.2, 0.25) is 10.0 Å². The average molecular weight is 505 g/mol. The smallest absolute Gasteiger partial charge is 0.240 e. The molecular formula is C31H40N2O2S. The van der Waals surface area contributed by atoms with Crippen molar-refractivity contribution in [1.82, 2.24) is 10.0 Å². The number of aryl methyl sites for hydroxylation is 1. The van der Waals surface area contributed by atoms with Gasteiger partial charge < -0.3 is 5.32 Å². The fourth-order valence-corrected chi connectivity index (χ4v) is 6.40. The van der Waals surface area contributed by atoms with Gasteiger partial charge in [0, 0.05) is 12.0 Å². The van der Waals surface area contributed by atoms with E-state index in [9.17, 15) is 8.42 Å². The molecular weight excluding hydrogens is 464 g/mol. The van der Waals surface area contributed by atoms with Gasteiger partial charge in [-0.15, -0.1) is 0 Å². The Bertz CT molecular complexity index is 1160. The van der Waals surface area contributed by atoms with Gasteiger partial charge in [-0.2, -0.15) is 0 Å². The second-order valence-electron chi connectivity index (χ2n) is 10.1. The van der Waals surface area contributed by atoms with Gasteiger partial charge in [-0.1, -0.05) is 92.1 Å². The van der Waals surface area contributed by atoms with Crippen LogP contribution in [0.15, 0.2) is 89.8 Å². The van der Waals surface area contributed by atoms with Crippen molar-refractivity contribution in [2.75, 3.05) is 13.6 Å². The van der Waals surface area contributed by atoms with E-state index in [-0.39, 0.29) is 0 Å². The fourth-order valence-electron chi connectivity index (χ4n) is 5.64. The van der Waals surface area contributed by atoms with Crippen molar-refractivity contribution in [3.8, 4) is 0 Å². The molecule has 0 radical (unpaired) electrons.